The van der Waals surface area contributed by atoms with Crippen molar-refractivity contribution in [2.24, 2.45) is 0 Å². The van der Waals surface area contributed by atoms with Crippen molar-refractivity contribution in [2.45, 2.75) is 38.1 Å². The highest BCUT2D eigenvalue weighted by molar-refractivity contribution is 4.72. The molecule has 0 radical (unpaired) electrons. The predicted molar refractivity (Wildman–Crippen MR) is 43.9 cm³/mol. The summed E-state index contributed by atoms with van der Waals surface area (Å²) >= 11 is 0. The zero-order chi connectivity index (χ0) is 9.84. The molecular formula is C8H16O5. The summed E-state index contributed by atoms with van der Waals surface area (Å²) in [7, 11) is 1.42. The maximum atomic E-state index is 9.40. The van der Waals surface area contributed by atoms with Crippen LogP contribution in [0.4, 0.5) is 0 Å². The number of methoxy groups -OCH3 is 1. The van der Waals surface area contributed by atoms with E-state index in [2.05, 4.69) is 0 Å². The average molecular weight is 192 g/mol. The van der Waals surface area contributed by atoms with E-state index in [1.165, 1.54) is 7.11 Å². The fourth-order valence-corrected chi connectivity index (χ4v) is 1.20. The lowest BCUT2D eigenvalue weighted by Gasteiger charge is -2.34. The van der Waals surface area contributed by atoms with Crippen molar-refractivity contribution >= 4 is 0 Å². The van der Waals surface area contributed by atoms with Gasteiger partial charge >= 0.3 is 0 Å². The molecule has 1 rings (SSSR count). The molecule has 5 heteroatoms. The van der Waals surface area contributed by atoms with Crippen LogP contribution in [0.3, 0.4) is 0 Å². The van der Waals surface area contributed by atoms with E-state index < -0.39 is 24.8 Å². The Hall–Kier alpha value is -0.200. The Morgan fingerprint density at radius 3 is 2.77 bits per heavy atom. The monoisotopic (exact) mass is 192 g/mol. The molecule has 0 aromatic carbocycles. The SMILES string of the molecule is CCC(O)C1COC(OC)C(O)O1. The van der Waals surface area contributed by atoms with Crippen LogP contribution in [0, 0.1) is 0 Å². The van der Waals surface area contributed by atoms with Crippen molar-refractivity contribution in [3.8, 4) is 0 Å². The Labute approximate surface area is 77.2 Å². The normalized spacial score (nSPS) is 37.4. The summed E-state index contributed by atoms with van der Waals surface area (Å²) in [6.45, 7) is 2.08. The van der Waals surface area contributed by atoms with Crippen molar-refractivity contribution in [1.82, 2.24) is 0 Å². The van der Waals surface area contributed by atoms with E-state index in [4.69, 9.17) is 14.2 Å². The molecule has 0 aromatic heterocycles. The van der Waals surface area contributed by atoms with E-state index in [0.717, 1.165) is 0 Å². The first-order chi connectivity index (χ1) is 6.19. The third kappa shape index (κ3) is 2.62. The summed E-state index contributed by atoms with van der Waals surface area (Å²) in [5, 5.41) is 18.7. The van der Waals surface area contributed by atoms with Gasteiger partial charge in [-0.05, 0) is 6.42 Å². The second-order valence-corrected chi connectivity index (χ2v) is 2.98. The Balaban J connectivity index is 2.40. The summed E-state index contributed by atoms with van der Waals surface area (Å²) < 4.78 is 15.0. The first-order valence-electron chi connectivity index (χ1n) is 4.35. The van der Waals surface area contributed by atoms with Crippen LogP contribution in [0.25, 0.3) is 0 Å². The van der Waals surface area contributed by atoms with Gasteiger partial charge in [-0.25, -0.2) is 0 Å². The van der Waals surface area contributed by atoms with Gasteiger partial charge in [0, 0.05) is 7.11 Å². The minimum atomic E-state index is -1.12. The van der Waals surface area contributed by atoms with Gasteiger partial charge in [-0.3, -0.25) is 0 Å². The topological polar surface area (TPSA) is 68.2 Å². The molecule has 13 heavy (non-hydrogen) atoms. The summed E-state index contributed by atoms with van der Waals surface area (Å²) in [5.74, 6) is 0. The minimum Gasteiger partial charge on any atom is -0.390 e. The van der Waals surface area contributed by atoms with E-state index in [9.17, 15) is 10.2 Å². The highest BCUT2D eigenvalue weighted by Gasteiger charge is 2.33. The van der Waals surface area contributed by atoms with Crippen LogP contribution in [0.15, 0.2) is 0 Å². The zero-order valence-corrected chi connectivity index (χ0v) is 7.84. The first-order valence-corrected chi connectivity index (χ1v) is 4.35. The van der Waals surface area contributed by atoms with Crippen LogP contribution < -0.4 is 0 Å². The largest absolute Gasteiger partial charge is 0.390 e. The van der Waals surface area contributed by atoms with Crippen molar-refractivity contribution in [2.75, 3.05) is 13.7 Å². The van der Waals surface area contributed by atoms with Crippen LogP contribution in [-0.2, 0) is 14.2 Å². The predicted octanol–water partition coefficient (Wildman–Crippen LogP) is -0.536. The summed E-state index contributed by atoms with van der Waals surface area (Å²) in [6, 6.07) is 0. The van der Waals surface area contributed by atoms with E-state index in [0.29, 0.717) is 6.42 Å². The van der Waals surface area contributed by atoms with E-state index in [1.807, 2.05) is 6.92 Å². The number of rotatable bonds is 3. The standard InChI is InChI=1S/C8H16O5/c1-3-5(9)6-4-12-8(11-2)7(10)13-6/h5-10H,3-4H2,1-2H3. The average Bonchev–Trinajstić information content (AvgIpc) is 2.16. The van der Waals surface area contributed by atoms with Crippen molar-refractivity contribution < 1.29 is 24.4 Å². The summed E-state index contributed by atoms with van der Waals surface area (Å²) in [5.41, 5.74) is 0. The molecule has 0 bridgehead atoms. The van der Waals surface area contributed by atoms with Gasteiger partial charge in [0.15, 0.2) is 0 Å². The molecule has 2 N–H and O–H groups in total. The lowest BCUT2D eigenvalue weighted by molar-refractivity contribution is -0.331. The van der Waals surface area contributed by atoms with Crippen LogP contribution in [0.5, 0.6) is 0 Å². The van der Waals surface area contributed by atoms with Crippen molar-refractivity contribution in [1.29, 1.82) is 0 Å². The van der Waals surface area contributed by atoms with Crippen LogP contribution in [0.1, 0.15) is 13.3 Å². The summed E-state index contributed by atoms with van der Waals surface area (Å²) in [6.07, 6.45) is -2.37. The molecule has 1 saturated heterocycles. The molecule has 4 atom stereocenters. The minimum absolute atomic E-state index is 0.241. The van der Waals surface area contributed by atoms with Crippen LogP contribution in [-0.4, -0.2) is 48.7 Å². The summed E-state index contributed by atoms with van der Waals surface area (Å²) in [4.78, 5) is 0. The number of hydrogen-bond acceptors (Lipinski definition) is 5. The van der Waals surface area contributed by atoms with Gasteiger partial charge < -0.3 is 24.4 Å². The maximum Gasteiger partial charge on any atom is 0.209 e. The molecule has 0 amide bonds. The highest BCUT2D eigenvalue weighted by Crippen LogP contribution is 2.17. The van der Waals surface area contributed by atoms with Crippen LogP contribution >= 0.6 is 0 Å². The fourth-order valence-electron chi connectivity index (χ4n) is 1.20. The quantitative estimate of drug-likeness (QED) is 0.628. The van der Waals surface area contributed by atoms with E-state index in [1.54, 1.807) is 0 Å². The Morgan fingerprint density at radius 2 is 2.31 bits per heavy atom. The smallest absolute Gasteiger partial charge is 0.209 e. The second-order valence-electron chi connectivity index (χ2n) is 2.98. The molecule has 0 aromatic rings. The number of aliphatic hydroxyl groups is 2. The van der Waals surface area contributed by atoms with Crippen molar-refractivity contribution in [3.05, 3.63) is 0 Å². The Kier molecular flexibility index (Phi) is 4.08. The maximum absolute atomic E-state index is 9.40. The molecule has 1 aliphatic rings. The number of hydrogen-bond donors (Lipinski definition) is 2. The molecule has 0 spiro atoms. The molecule has 1 aliphatic heterocycles. The molecule has 0 saturated carbocycles. The van der Waals surface area contributed by atoms with Gasteiger partial charge in [0.2, 0.25) is 12.6 Å². The first kappa shape index (κ1) is 10.9. The lowest BCUT2D eigenvalue weighted by Crippen LogP contribution is -2.48. The fraction of sp³-hybridized carbons (Fsp3) is 1.00. The third-order valence-electron chi connectivity index (χ3n) is 2.05. The molecule has 1 fully saturated rings. The molecule has 5 nitrogen and oxygen atoms in total. The van der Waals surface area contributed by atoms with Crippen LogP contribution in [0.2, 0.25) is 0 Å². The molecule has 78 valence electrons. The Bertz CT molecular complexity index is 151. The van der Waals surface area contributed by atoms with Gasteiger partial charge in [-0.15, -0.1) is 0 Å². The molecule has 1 heterocycles. The van der Waals surface area contributed by atoms with E-state index in [-0.39, 0.29) is 6.61 Å². The molecule has 0 aliphatic carbocycles. The number of aliphatic hydroxyl groups excluding tert-OH is 2. The second kappa shape index (κ2) is 4.88. The molecular weight excluding hydrogens is 176 g/mol. The van der Waals surface area contributed by atoms with Gasteiger partial charge in [0.25, 0.3) is 0 Å². The van der Waals surface area contributed by atoms with Gasteiger partial charge in [0.05, 0.1) is 12.7 Å². The molecule has 4 unspecified atom stereocenters. The third-order valence-corrected chi connectivity index (χ3v) is 2.05. The Morgan fingerprint density at radius 1 is 1.62 bits per heavy atom. The van der Waals surface area contributed by atoms with Gasteiger partial charge in [0.1, 0.15) is 6.10 Å². The highest BCUT2D eigenvalue weighted by atomic mass is 16.8. The van der Waals surface area contributed by atoms with Gasteiger partial charge in [-0.1, -0.05) is 6.92 Å². The van der Waals surface area contributed by atoms with Gasteiger partial charge in [-0.2, -0.15) is 0 Å². The lowest BCUT2D eigenvalue weighted by atomic mass is 10.1. The zero-order valence-electron chi connectivity index (χ0n) is 7.84. The van der Waals surface area contributed by atoms with E-state index >= 15 is 0 Å². The number of ether oxygens (including phenoxy) is 3. The van der Waals surface area contributed by atoms with Crippen molar-refractivity contribution in [3.63, 3.8) is 0 Å².